The highest BCUT2D eigenvalue weighted by molar-refractivity contribution is 5.79. The average Bonchev–Trinajstić information content (AvgIpc) is 3.57. The molecule has 1 aliphatic heterocycles. The van der Waals surface area contributed by atoms with Crippen LogP contribution < -0.4 is 20.1 Å². The Bertz CT molecular complexity index is 643. The van der Waals surface area contributed by atoms with Gasteiger partial charge in [0.2, 0.25) is 0 Å². The lowest BCUT2D eigenvalue weighted by Gasteiger charge is -2.34. The summed E-state index contributed by atoms with van der Waals surface area (Å²) >= 11 is 0. The van der Waals surface area contributed by atoms with Crippen molar-refractivity contribution in [3.63, 3.8) is 0 Å². The van der Waals surface area contributed by atoms with Crippen LogP contribution in [0.1, 0.15) is 31.4 Å². The van der Waals surface area contributed by atoms with E-state index in [0.717, 1.165) is 62.8 Å². The molecule has 0 aromatic heterocycles. The number of methoxy groups -OCH3 is 2. The lowest BCUT2D eigenvalue weighted by atomic mass is 10.0. The van der Waals surface area contributed by atoms with Crippen LogP contribution >= 0.6 is 0 Å². The molecule has 1 saturated heterocycles. The second-order valence-corrected chi connectivity index (χ2v) is 7.32. The number of nitrogens with one attached hydrogen (secondary N) is 2. The van der Waals surface area contributed by atoms with E-state index < -0.39 is 0 Å². The molecule has 2 fully saturated rings. The molecule has 2 N–H and O–H groups in total. The van der Waals surface area contributed by atoms with Crippen LogP contribution in [-0.2, 0) is 4.74 Å². The smallest absolute Gasteiger partial charge is 0.191 e. The summed E-state index contributed by atoms with van der Waals surface area (Å²) in [7, 11) is 3.34. The van der Waals surface area contributed by atoms with Crippen molar-refractivity contribution >= 4 is 5.96 Å². The first kappa shape index (κ1) is 20.7. The third kappa shape index (κ3) is 5.75. The molecular weight excluding hydrogens is 356 g/mol. The molecule has 7 nitrogen and oxygen atoms in total. The molecule has 1 heterocycles. The second-order valence-electron chi connectivity index (χ2n) is 7.32. The van der Waals surface area contributed by atoms with Gasteiger partial charge in [-0.3, -0.25) is 9.89 Å². The number of hydrogen-bond donors (Lipinski definition) is 2. The van der Waals surface area contributed by atoms with Crippen LogP contribution in [0.15, 0.2) is 23.2 Å². The summed E-state index contributed by atoms with van der Waals surface area (Å²) in [6.07, 6.45) is 2.66. The molecule has 1 aromatic carbocycles. The fraction of sp³-hybridized carbons (Fsp3) is 0.667. The van der Waals surface area contributed by atoms with Crippen molar-refractivity contribution in [1.82, 2.24) is 15.5 Å². The van der Waals surface area contributed by atoms with Crippen LogP contribution in [0.3, 0.4) is 0 Å². The van der Waals surface area contributed by atoms with Gasteiger partial charge in [0.25, 0.3) is 0 Å². The van der Waals surface area contributed by atoms with Gasteiger partial charge < -0.3 is 24.8 Å². The number of nitrogens with zero attached hydrogens (tertiary/aromatic N) is 2. The standard InChI is InChI=1S/C21H34N4O3/c1-4-22-21(23-14-16-5-6-16)24-15-18(25-9-11-28-12-10-25)17-7-8-19(26-2)20(13-17)27-3/h7-8,13,16,18H,4-6,9-12,14-15H2,1-3H3,(H2,22,23,24). The number of guanidine groups is 1. The predicted octanol–water partition coefficient (Wildman–Crippen LogP) is 2.04. The fourth-order valence-corrected chi connectivity index (χ4v) is 3.46. The summed E-state index contributed by atoms with van der Waals surface area (Å²) in [6.45, 7) is 7.96. The maximum Gasteiger partial charge on any atom is 0.191 e. The van der Waals surface area contributed by atoms with E-state index in [1.165, 1.54) is 18.4 Å². The van der Waals surface area contributed by atoms with Crippen molar-refractivity contribution in [2.45, 2.75) is 25.8 Å². The fourth-order valence-electron chi connectivity index (χ4n) is 3.46. The Morgan fingerprint density at radius 3 is 2.57 bits per heavy atom. The van der Waals surface area contributed by atoms with Gasteiger partial charge in [-0.05, 0) is 43.4 Å². The maximum atomic E-state index is 5.56. The van der Waals surface area contributed by atoms with Gasteiger partial charge in [0.15, 0.2) is 17.5 Å². The normalized spacial score (nSPS) is 19.2. The zero-order chi connectivity index (χ0) is 19.8. The molecule has 0 bridgehead atoms. The van der Waals surface area contributed by atoms with Crippen LogP contribution in [-0.4, -0.2) is 71.0 Å². The van der Waals surface area contributed by atoms with Gasteiger partial charge in [0.05, 0.1) is 40.0 Å². The Labute approximate surface area is 168 Å². The summed E-state index contributed by atoms with van der Waals surface area (Å²) in [5, 5.41) is 6.85. The molecule has 28 heavy (non-hydrogen) atoms. The lowest BCUT2D eigenvalue weighted by Crippen LogP contribution is -2.42. The van der Waals surface area contributed by atoms with Crippen molar-refractivity contribution < 1.29 is 14.2 Å². The molecule has 3 rings (SSSR count). The van der Waals surface area contributed by atoms with Crippen LogP contribution in [0.5, 0.6) is 11.5 Å². The number of hydrogen-bond acceptors (Lipinski definition) is 5. The van der Waals surface area contributed by atoms with Crippen LogP contribution in [0.2, 0.25) is 0 Å². The molecule has 1 atom stereocenters. The van der Waals surface area contributed by atoms with Crippen molar-refractivity contribution in [3.8, 4) is 11.5 Å². The highest BCUT2D eigenvalue weighted by atomic mass is 16.5. The Morgan fingerprint density at radius 2 is 1.93 bits per heavy atom. The first-order valence-electron chi connectivity index (χ1n) is 10.3. The highest BCUT2D eigenvalue weighted by Crippen LogP contribution is 2.32. The maximum absolute atomic E-state index is 5.56. The zero-order valence-corrected chi connectivity index (χ0v) is 17.4. The minimum absolute atomic E-state index is 0.167. The Balaban J connectivity index is 1.78. The molecule has 1 aliphatic carbocycles. The molecule has 0 radical (unpaired) electrons. The summed E-state index contributed by atoms with van der Waals surface area (Å²) in [5.74, 6) is 3.20. The van der Waals surface area contributed by atoms with E-state index in [0.29, 0.717) is 6.54 Å². The number of benzene rings is 1. The number of rotatable bonds is 9. The van der Waals surface area contributed by atoms with Gasteiger partial charge in [0.1, 0.15) is 0 Å². The van der Waals surface area contributed by atoms with Crippen molar-refractivity contribution in [2.75, 3.05) is 60.2 Å². The molecule has 1 unspecified atom stereocenters. The van der Waals surface area contributed by atoms with E-state index in [1.54, 1.807) is 14.2 Å². The number of aliphatic imine (C=N–C) groups is 1. The highest BCUT2D eigenvalue weighted by Gasteiger charge is 2.24. The Morgan fingerprint density at radius 1 is 1.18 bits per heavy atom. The van der Waals surface area contributed by atoms with E-state index in [4.69, 9.17) is 19.2 Å². The minimum Gasteiger partial charge on any atom is -0.493 e. The van der Waals surface area contributed by atoms with E-state index in [-0.39, 0.29) is 6.04 Å². The van der Waals surface area contributed by atoms with Gasteiger partial charge in [-0.1, -0.05) is 6.07 Å². The van der Waals surface area contributed by atoms with Gasteiger partial charge in [-0.2, -0.15) is 0 Å². The van der Waals surface area contributed by atoms with Gasteiger partial charge in [-0.15, -0.1) is 0 Å². The largest absolute Gasteiger partial charge is 0.493 e. The lowest BCUT2D eigenvalue weighted by molar-refractivity contribution is 0.0179. The quantitative estimate of drug-likeness (QED) is 0.497. The third-order valence-electron chi connectivity index (χ3n) is 5.30. The molecule has 156 valence electrons. The first-order valence-corrected chi connectivity index (χ1v) is 10.3. The van der Waals surface area contributed by atoms with Crippen LogP contribution in [0, 0.1) is 5.92 Å². The zero-order valence-electron chi connectivity index (χ0n) is 17.4. The Hall–Kier alpha value is -1.99. The topological polar surface area (TPSA) is 67.4 Å². The van der Waals surface area contributed by atoms with Gasteiger partial charge in [0, 0.05) is 26.2 Å². The molecule has 0 amide bonds. The SMILES string of the molecule is CCNC(=NCC(c1ccc(OC)c(OC)c1)N1CCOCC1)NCC1CC1. The first-order chi connectivity index (χ1) is 13.7. The second kappa shape index (κ2) is 10.5. The summed E-state index contributed by atoms with van der Waals surface area (Å²) in [6, 6.07) is 6.32. The van der Waals surface area contributed by atoms with E-state index >= 15 is 0 Å². The molecular formula is C21H34N4O3. The van der Waals surface area contributed by atoms with Crippen LogP contribution in [0.4, 0.5) is 0 Å². The third-order valence-corrected chi connectivity index (χ3v) is 5.30. The predicted molar refractivity (Wildman–Crippen MR) is 111 cm³/mol. The molecule has 1 saturated carbocycles. The average molecular weight is 391 g/mol. The Kier molecular flexibility index (Phi) is 7.80. The monoisotopic (exact) mass is 390 g/mol. The minimum atomic E-state index is 0.167. The van der Waals surface area contributed by atoms with Gasteiger partial charge >= 0.3 is 0 Å². The molecule has 2 aliphatic rings. The molecule has 0 spiro atoms. The summed E-state index contributed by atoms with van der Waals surface area (Å²) < 4.78 is 16.5. The molecule has 7 heteroatoms. The van der Waals surface area contributed by atoms with E-state index in [2.05, 4.69) is 34.6 Å². The van der Waals surface area contributed by atoms with Crippen molar-refractivity contribution in [1.29, 1.82) is 0 Å². The van der Waals surface area contributed by atoms with Crippen LogP contribution in [0.25, 0.3) is 0 Å². The summed E-state index contributed by atoms with van der Waals surface area (Å²) in [4.78, 5) is 7.35. The van der Waals surface area contributed by atoms with Crippen molar-refractivity contribution in [2.24, 2.45) is 10.9 Å². The number of morpholine rings is 1. The number of ether oxygens (including phenoxy) is 3. The summed E-state index contributed by atoms with van der Waals surface area (Å²) in [5.41, 5.74) is 1.18. The van der Waals surface area contributed by atoms with Gasteiger partial charge in [-0.25, -0.2) is 0 Å². The van der Waals surface area contributed by atoms with E-state index in [1.807, 2.05) is 6.07 Å². The van der Waals surface area contributed by atoms with E-state index in [9.17, 15) is 0 Å². The van der Waals surface area contributed by atoms with Crippen molar-refractivity contribution in [3.05, 3.63) is 23.8 Å². The molecule has 1 aromatic rings.